The summed E-state index contributed by atoms with van der Waals surface area (Å²) in [5, 5.41) is 3.03. The molecule has 1 atom stereocenters. The maximum Gasteiger partial charge on any atom is 0.244 e. The summed E-state index contributed by atoms with van der Waals surface area (Å²) in [5.74, 6) is -3.32. The molecule has 2 aromatic rings. The van der Waals surface area contributed by atoms with Crippen molar-refractivity contribution in [3.63, 3.8) is 0 Å². The highest BCUT2D eigenvalue weighted by molar-refractivity contribution is 7.92. The number of anilines is 1. The standard InChI is InChI=1S/C26H33F2N3O4S/c1-18-9-7-8-10-20(18)16-30(19(2)26(33)29-21-11-5-4-6-12-21)25(32)17-31(36(3,34)35)22-13-14-23(27)24(28)15-22/h7-10,13-15,19,21H,4-6,11-12,16-17H2,1-3H3,(H,29,33)/t19-/m1/s1. The Hall–Kier alpha value is -3.01. The molecule has 0 unspecified atom stereocenters. The molecule has 0 bridgehead atoms. The van der Waals surface area contributed by atoms with E-state index in [0.717, 1.165) is 67.7 Å². The number of benzene rings is 2. The van der Waals surface area contributed by atoms with Gasteiger partial charge < -0.3 is 10.2 Å². The Morgan fingerprint density at radius 1 is 1.06 bits per heavy atom. The molecular weight excluding hydrogens is 488 g/mol. The Kier molecular flexibility index (Phi) is 9.05. The van der Waals surface area contributed by atoms with Crippen LogP contribution in [0, 0.1) is 18.6 Å². The molecule has 0 spiro atoms. The van der Waals surface area contributed by atoms with Crippen molar-refractivity contribution in [1.82, 2.24) is 10.2 Å². The summed E-state index contributed by atoms with van der Waals surface area (Å²) in [6, 6.07) is 9.19. The summed E-state index contributed by atoms with van der Waals surface area (Å²) in [6.07, 6.45) is 5.83. The van der Waals surface area contributed by atoms with E-state index in [1.54, 1.807) is 6.92 Å². The van der Waals surface area contributed by atoms with Crippen LogP contribution in [0.4, 0.5) is 14.5 Å². The van der Waals surface area contributed by atoms with Gasteiger partial charge in [0, 0.05) is 18.7 Å². The molecule has 0 radical (unpaired) electrons. The average molecular weight is 522 g/mol. The highest BCUT2D eigenvalue weighted by Crippen LogP contribution is 2.22. The van der Waals surface area contributed by atoms with Crippen molar-refractivity contribution < 1.29 is 26.8 Å². The van der Waals surface area contributed by atoms with Crippen molar-refractivity contribution in [2.24, 2.45) is 0 Å². The molecule has 0 saturated heterocycles. The zero-order valence-electron chi connectivity index (χ0n) is 20.8. The molecule has 36 heavy (non-hydrogen) atoms. The fraction of sp³-hybridized carbons (Fsp3) is 0.462. The maximum atomic E-state index is 13.9. The molecule has 0 heterocycles. The highest BCUT2D eigenvalue weighted by Gasteiger charge is 2.31. The molecule has 1 aliphatic carbocycles. The van der Waals surface area contributed by atoms with Gasteiger partial charge in [-0.2, -0.15) is 0 Å². The number of hydrogen-bond donors (Lipinski definition) is 1. The van der Waals surface area contributed by atoms with E-state index in [1.807, 2.05) is 31.2 Å². The molecule has 1 N–H and O–H groups in total. The van der Waals surface area contributed by atoms with Crippen molar-refractivity contribution in [3.8, 4) is 0 Å². The fourth-order valence-electron chi connectivity index (χ4n) is 4.38. The minimum Gasteiger partial charge on any atom is -0.352 e. The van der Waals surface area contributed by atoms with Gasteiger partial charge in [-0.3, -0.25) is 13.9 Å². The number of nitrogens with one attached hydrogen (secondary N) is 1. The summed E-state index contributed by atoms with van der Waals surface area (Å²) in [5.41, 5.74) is 1.54. The predicted octanol–water partition coefficient (Wildman–Crippen LogP) is 3.91. The molecule has 10 heteroatoms. The van der Waals surface area contributed by atoms with Crippen LogP contribution >= 0.6 is 0 Å². The van der Waals surface area contributed by atoms with E-state index >= 15 is 0 Å². The summed E-state index contributed by atoms with van der Waals surface area (Å²) in [7, 11) is -4.03. The molecular formula is C26H33F2N3O4S. The maximum absolute atomic E-state index is 13.9. The lowest BCUT2D eigenvalue weighted by Crippen LogP contribution is -2.53. The van der Waals surface area contributed by atoms with Crippen molar-refractivity contribution in [2.45, 2.75) is 64.6 Å². The number of carbonyl (C=O) groups excluding carboxylic acids is 2. The van der Waals surface area contributed by atoms with Crippen molar-refractivity contribution in [1.29, 1.82) is 0 Å². The molecule has 0 aliphatic heterocycles. The SMILES string of the molecule is Cc1ccccc1CN(C(=O)CN(c1ccc(F)c(F)c1)S(C)(=O)=O)[C@H](C)C(=O)NC1CCCCC1. The molecule has 1 saturated carbocycles. The Balaban J connectivity index is 1.89. The zero-order valence-corrected chi connectivity index (χ0v) is 21.7. The van der Waals surface area contributed by atoms with Gasteiger partial charge in [0.25, 0.3) is 0 Å². The average Bonchev–Trinajstić information content (AvgIpc) is 2.83. The number of amides is 2. The second kappa shape index (κ2) is 11.8. The van der Waals surface area contributed by atoms with Gasteiger partial charge in [-0.1, -0.05) is 43.5 Å². The van der Waals surface area contributed by atoms with E-state index in [1.165, 1.54) is 4.90 Å². The highest BCUT2D eigenvalue weighted by atomic mass is 32.2. The van der Waals surface area contributed by atoms with Gasteiger partial charge in [0.2, 0.25) is 21.8 Å². The third kappa shape index (κ3) is 7.02. The lowest BCUT2D eigenvalue weighted by molar-refractivity contribution is -0.139. The molecule has 2 aromatic carbocycles. The number of aryl methyl sites for hydroxylation is 1. The van der Waals surface area contributed by atoms with Gasteiger partial charge >= 0.3 is 0 Å². The van der Waals surface area contributed by atoms with E-state index in [-0.39, 0.29) is 24.2 Å². The van der Waals surface area contributed by atoms with Crippen LogP contribution in [0.3, 0.4) is 0 Å². The zero-order chi connectivity index (χ0) is 26.5. The molecule has 0 aromatic heterocycles. The largest absolute Gasteiger partial charge is 0.352 e. The summed E-state index contributed by atoms with van der Waals surface area (Å²) in [6.45, 7) is 2.91. The quantitative estimate of drug-likeness (QED) is 0.542. The lowest BCUT2D eigenvalue weighted by atomic mass is 9.95. The number of carbonyl (C=O) groups is 2. The first-order chi connectivity index (χ1) is 17.0. The Labute approximate surface area is 211 Å². The van der Waals surface area contributed by atoms with Gasteiger partial charge in [-0.25, -0.2) is 17.2 Å². The van der Waals surface area contributed by atoms with Crippen LogP contribution in [0.25, 0.3) is 0 Å². The Bertz CT molecular complexity index is 1200. The summed E-state index contributed by atoms with van der Waals surface area (Å²) < 4.78 is 53.1. The van der Waals surface area contributed by atoms with Crippen LogP contribution in [-0.4, -0.2) is 50.0 Å². The van der Waals surface area contributed by atoms with E-state index in [2.05, 4.69) is 5.32 Å². The van der Waals surface area contributed by atoms with Crippen LogP contribution in [0.2, 0.25) is 0 Å². The van der Waals surface area contributed by atoms with Crippen molar-refractivity contribution in [3.05, 3.63) is 65.2 Å². The second-order valence-electron chi connectivity index (χ2n) is 9.34. The van der Waals surface area contributed by atoms with Gasteiger partial charge in [-0.05, 0) is 49.9 Å². The van der Waals surface area contributed by atoms with Crippen LogP contribution in [0.1, 0.15) is 50.2 Å². The smallest absolute Gasteiger partial charge is 0.244 e. The normalized spacial score (nSPS) is 15.2. The third-order valence-electron chi connectivity index (χ3n) is 6.59. The topological polar surface area (TPSA) is 86.8 Å². The molecule has 196 valence electrons. The predicted molar refractivity (Wildman–Crippen MR) is 135 cm³/mol. The number of hydrogen-bond acceptors (Lipinski definition) is 4. The monoisotopic (exact) mass is 521 g/mol. The third-order valence-corrected chi connectivity index (χ3v) is 7.73. The first-order valence-electron chi connectivity index (χ1n) is 12.0. The fourth-order valence-corrected chi connectivity index (χ4v) is 5.22. The molecule has 1 fully saturated rings. The van der Waals surface area contributed by atoms with Crippen LogP contribution in [0.5, 0.6) is 0 Å². The molecule has 1 aliphatic rings. The minimum atomic E-state index is -4.03. The van der Waals surface area contributed by atoms with Gasteiger partial charge in [0.05, 0.1) is 11.9 Å². The molecule has 3 rings (SSSR count). The number of nitrogens with zero attached hydrogens (tertiary/aromatic N) is 2. The first kappa shape index (κ1) is 27.6. The van der Waals surface area contributed by atoms with Crippen molar-refractivity contribution >= 4 is 27.5 Å². The molecule has 7 nitrogen and oxygen atoms in total. The Morgan fingerprint density at radius 2 is 1.72 bits per heavy atom. The van der Waals surface area contributed by atoms with E-state index < -0.39 is 40.2 Å². The second-order valence-corrected chi connectivity index (χ2v) is 11.2. The van der Waals surface area contributed by atoms with Crippen LogP contribution < -0.4 is 9.62 Å². The van der Waals surface area contributed by atoms with Gasteiger partial charge in [-0.15, -0.1) is 0 Å². The minimum absolute atomic E-state index is 0.0406. The lowest BCUT2D eigenvalue weighted by Gasteiger charge is -2.33. The van der Waals surface area contributed by atoms with Crippen LogP contribution in [0.15, 0.2) is 42.5 Å². The van der Waals surface area contributed by atoms with Gasteiger partial charge in [0.15, 0.2) is 11.6 Å². The van der Waals surface area contributed by atoms with E-state index in [0.29, 0.717) is 4.31 Å². The summed E-state index contributed by atoms with van der Waals surface area (Å²) in [4.78, 5) is 28.0. The number of halogens is 2. The number of sulfonamides is 1. The molecule has 2 amide bonds. The van der Waals surface area contributed by atoms with E-state index in [9.17, 15) is 26.8 Å². The van der Waals surface area contributed by atoms with E-state index in [4.69, 9.17) is 0 Å². The number of rotatable bonds is 9. The first-order valence-corrected chi connectivity index (χ1v) is 13.9. The summed E-state index contributed by atoms with van der Waals surface area (Å²) >= 11 is 0. The van der Waals surface area contributed by atoms with Gasteiger partial charge in [0.1, 0.15) is 12.6 Å². The Morgan fingerprint density at radius 3 is 2.33 bits per heavy atom. The van der Waals surface area contributed by atoms with Crippen molar-refractivity contribution in [2.75, 3.05) is 17.1 Å². The van der Waals surface area contributed by atoms with Crippen LogP contribution in [-0.2, 0) is 26.2 Å².